The molecule has 0 spiro atoms. The van der Waals surface area contributed by atoms with Crippen LogP contribution >= 0.6 is 0 Å². The van der Waals surface area contributed by atoms with E-state index in [4.69, 9.17) is 14.6 Å². The quantitative estimate of drug-likeness (QED) is 0.137. The van der Waals surface area contributed by atoms with Crippen LogP contribution in [0, 0.1) is 0 Å². The molecule has 0 fully saturated rings. The molecule has 0 amide bonds. The summed E-state index contributed by atoms with van der Waals surface area (Å²) in [4.78, 5) is 0. The summed E-state index contributed by atoms with van der Waals surface area (Å²) in [5, 5.41) is 8.68. The minimum atomic E-state index is 0.0217. The van der Waals surface area contributed by atoms with Crippen LogP contribution in [-0.4, -0.2) is 31.2 Å². The van der Waals surface area contributed by atoms with Crippen molar-refractivity contribution < 1.29 is 14.6 Å². The number of ether oxygens (including phenoxy) is 2. The summed E-state index contributed by atoms with van der Waals surface area (Å²) < 4.78 is 11.5. The van der Waals surface area contributed by atoms with E-state index in [0.29, 0.717) is 0 Å². The highest BCUT2D eigenvalue weighted by atomic mass is 16.7. The molecule has 3 heteroatoms. The molecule has 0 heterocycles. The third-order valence-corrected chi connectivity index (χ3v) is 4.54. The predicted octanol–water partition coefficient (Wildman–Crippen LogP) is 6.79. The van der Waals surface area contributed by atoms with Crippen LogP contribution in [0.5, 0.6) is 0 Å². The van der Waals surface area contributed by atoms with Crippen LogP contribution in [0.3, 0.4) is 0 Å². The standard InChI is InChI=1S/C23H46O3/c1-3-21-25-23(26-22-4-2)19-17-15-13-11-9-7-5-6-8-10-12-14-16-18-20-24/h14,16,23-24H,3-13,15,17-22H2,1-2H3/b16-14+. The zero-order valence-corrected chi connectivity index (χ0v) is 17.7. The second kappa shape index (κ2) is 22.7. The summed E-state index contributed by atoms with van der Waals surface area (Å²) in [6.07, 6.45) is 22.9. The SMILES string of the molecule is CCCOC(CCCCCCCCCCCC/C=C/CCO)OCCC. The third kappa shape index (κ3) is 19.9. The van der Waals surface area contributed by atoms with Gasteiger partial charge >= 0.3 is 0 Å². The Kier molecular flexibility index (Phi) is 22.3. The first-order valence-corrected chi connectivity index (χ1v) is 11.3. The Balaban J connectivity index is 3.31. The van der Waals surface area contributed by atoms with E-state index in [1.165, 1.54) is 70.6 Å². The first kappa shape index (κ1) is 25.6. The Morgan fingerprint density at radius 2 is 1.12 bits per heavy atom. The molecule has 0 aromatic rings. The van der Waals surface area contributed by atoms with E-state index in [1.54, 1.807) is 0 Å². The Labute approximate surface area is 163 Å². The smallest absolute Gasteiger partial charge is 0.157 e. The highest BCUT2D eigenvalue weighted by molar-refractivity contribution is 4.80. The zero-order valence-electron chi connectivity index (χ0n) is 17.7. The van der Waals surface area contributed by atoms with Crippen molar-refractivity contribution in [3.63, 3.8) is 0 Å². The highest BCUT2D eigenvalue weighted by Gasteiger charge is 2.08. The number of unbranched alkanes of at least 4 members (excludes halogenated alkanes) is 10. The summed E-state index contributed by atoms with van der Waals surface area (Å²) in [7, 11) is 0. The van der Waals surface area contributed by atoms with Crippen molar-refractivity contribution in [3.8, 4) is 0 Å². The molecule has 0 bridgehead atoms. The minimum absolute atomic E-state index is 0.0217. The number of allylic oxidation sites excluding steroid dienone is 1. The fourth-order valence-electron chi connectivity index (χ4n) is 3.01. The van der Waals surface area contributed by atoms with Gasteiger partial charge in [-0.2, -0.15) is 0 Å². The molecule has 156 valence electrons. The maximum atomic E-state index is 8.68. The largest absolute Gasteiger partial charge is 0.396 e. The van der Waals surface area contributed by atoms with E-state index in [0.717, 1.165) is 38.9 Å². The van der Waals surface area contributed by atoms with Crippen LogP contribution in [0.1, 0.15) is 110 Å². The fourth-order valence-corrected chi connectivity index (χ4v) is 3.01. The van der Waals surface area contributed by atoms with Crippen LogP contribution in [0.25, 0.3) is 0 Å². The predicted molar refractivity (Wildman–Crippen MR) is 113 cm³/mol. The van der Waals surface area contributed by atoms with Crippen LogP contribution < -0.4 is 0 Å². The van der Waals surface area contributed by atoms with E-state index in [2.05, 4.69) is 26.0 Å². The number of aliphatic hydroxyl groups excluding tert-OH is 1. The topological polar surface area (TPSA) is 38.7 Å². The normalized spacial score (nSPS) is 11.8. The lowest BCUT2D eigenvalue weighted by molar-refractivity contribution is -0.146. The average molecular weight is 371 g/mol. The molecule has 0 saturated carbocycles. The molecule has 0 aliphatic heterocycles. The maximum Gasteiger partial charge on any atom is 0.157 e. The van der Waals surface area contributed by atoms with E-state index in [9.17, 15) is 0 Å². The molecule has 0 unspecified atom stereocenters. The monoisotopic (exact) mass is 370 g/mol. The second-order valence-corrected chi connectivity index (χ2v) is 7.27. The molecule has 0 rings (SSSR count). The third-order valence-electron chi connectivity index (χ3n) is 4.54. The molecule has 0 aliphatic rings. The Morgan fingerprint density at radius 1 is 0.654 bits per heavy atom. The molecule has 0 saturated heterocycles. The lowest BCUT2D eigenvalue weighted by Crippen LogP contribution is -2.18. The van der Waals surface area contributed by atoms with E-state index < -0.39 is 0 Å². The molecule has 1 N–H and O–H groups in total. The number of rotatable bonds is 21. The van der Waals surface area contributed by atoms with E-state index in [-0.39, 0.29) is 12.9 Å². The fraction of sp³-hybridized carbons (Fsp3) is 0.913. The molecular formula is C23H46O3. The summed E-state index contributed by atoms with van der Waals surface area (Å²) in [6, 6.07) is 0. The minimum Gasteiger partial charge on any atom is -0.396 e. The van der Waals surface area contributed by atoms with Gasteiger partial charge < -0.3 is 14.6 Å². The Bertz CT molecular complexity index is 271. The van der Waals surface area contributed by atoms with Gasteiger partial charge in [-0.25, -0.2) is 0 Å². The molecule has 0 aliphatic carbocycles. The van der Waals surface area contributed by atoms with Gasteiger partial charge in [0.2, 0.25) is 0 Å². The maximum absolute atomic E-state index is 8.68. The van der Waals surface area contributed by atoms with Gasteiger partial charge in [0.25, 0.3) is 0 Å². The van der Waals surface area contributed by atoms with Gasteiger partial charge in [-0.3, -0.25) is 0 Å². The van der Waals surface area contributed by atoms with E-state index >= 15 is 0 Å². The van der Waals surface area contributed by atoms with Gasteiger partial charge in [-0.15, -0.1) is 0 Å². The van der Waals surface area contributed by atoms with Crippen LogP contribution in [-0.2, 0) is 9.47 Å². The van der Waals surface area contributed by atoms with Crippen molar-refractivity contribution in [1.29, 1.82) is 0 Å². The summed E-state index contributed by atoms with van der Waals surface area (Å²) in [5.41, 5.74) is 0. The van der Waals surface area contributed by atoms with Crippen LogP contribution in [0.2, 0.25) is 0 Å². The molecule has 3 nitrogen and oxygen atoms in total. The Hall–Kier alpha value is -0.380. The lowest BCUT2D eigenvalue weighted by Gasteiger charge is -2.18. The highest BCUT2D eigenvalue weighted by Crippen LogP contribution is 2.14. The van der Waals surface area contributed by atoms with Crippen molar-refractivity contribution in [1.82, 2.24) is 0 Å². The molecule has 0 atom stereocenters. The van der Waals surface area contributed by atoms with Crippen LogP contribution in [0.4, 0.5) is 0 Å². The first-order chi connectivity index (χ1) is 12.8. The van der Waals surface area contributed by atoms with Crippen molar-refractivity contribution in [2.75, 3.05) is 19.8 Å². The summed E-state index contributed by atoms with van der Waals surface area (Å²) in [6.45, 7) is 6.19. The summed E-state index contributed by atoms with van der Waals surface area (Å²) >= 11 is 0. The molecule has 0 radical (unpaired) electrons. The number of aliphatic hydroxyl groups is 1. The summed E-state index contributed by atoms with van der Waals surface area (Å²) in [5.74, 6) is 0. The van der Waals surface area contributed by atoms with E-state index in [1.807, 2.05) is 0 Å². The molecular weight excluding hydrogens is 324 g/mol. The molecule has 0 aromatic heterocycles. The van der Waals surface area contributed by atoms with Crippen molar-refractivity contribution in [2.24, 2.45) is 0 Å². The van der Waals surface area contributed by atoms with Crippen molar-refractivity contribution in [2.45, 2.75) is 116 Å². The molecule has 26 heavy (non-hydrogen) atoms. The number of hydrogen-bond acceptors (Lipinski definition) is 3. The van der Waals surface area contributed by atoms with Gasteiger partial charge in [0.1, 0.15) is 0 Å². The Morgan fingerprint density at radius 3 is 1.62 bits per heavy atom. The van der Waals surface area contributed by atoms with Gasteiger partial charge in [-0.05, 0) is 44.9 Å². The average Bonchev–Trinajstić information content (AvgIpc) is 2.66. The second-order valence-electron chi connectivity index (χ2n) is 7.27. The number of hydrogen-bond donors (Lipinski definition) is 1. The van der Waals surface area contributed by atoms with Crippen LogP contribution in [0.15, 0.2) is 12.2 Å². The zero-order chi connectivity index (χ0) is 19.1. The first-order valence-electron chi connectivity index (χ1n) is 11.3. The van der Waals surface area contributed by atoms with Crippen molar-refractivity contribution in [3.05, 3.63) is 12.2 Å². The van der Waals surface area contributed by atoms with Gasteiger partial charge in [-0.1, -0.05) is 77.4 Å². The molecule has 0 aromatic carbocycles. The van der Waals surface area contributed by atoms with Gasteiger partial charge in [0.05, 0.1) is 0 Å². The van der Waals surface area contributed by atoms with Gasteiger partial charge in [0.15, 0.2) is 6.29 Å². The lowest BCUT2D eigenvalue weighted by atomic mass is 10.0. The van der Waals surface area contributed by atoms with Crippen molar-refractivity contribution >= 4 is 0 Å². The van der Waals surface area contributed by atoms with Gasteiger partial charge in [0, 0.05) is 19.8 Å².